The number of anilines is 1. The van der Waals surface area contributed by atoms with Gasteiger partial charge < -0.3 is 15.1 Å². The summed E-state index contributed by atoms with van der Waals surface area (Å²) in [6, 6.07) is 0. The van der Waals surface area contributed by atoms with Crippen LogP contribution in [0.4, 0.5) is 5.13 Å². The highest BCUT2D eigenvalue weighted by atomic mass is 32.1. The zero-order valence-electron chi connectivity index (χ0n) is 13.7. The Hall–Kier alpha value is -1.47. The second-order valence-corrected chi connectivity index (χ2v) is 7.25. The Morgan fingerprint density at radius 3 is 2.77 bits per heavy atom. The van der Waals surface area contributed by atoms with Gasteiger partial charge in [0, 0.05) is 24.4 Å². The molecule has 22 heavy (non-hydrogen) atoms. The Balaban J connectivity index is 1.85. The molecule has 7 heteroatoms. The Bertz CT molecular complexity index is 536. The Labute approximate surface area is 135 Å². The Kier molecular flexibility index (Phi) is 5.52. The molecule has 1 atom stereocenters. The van der Waals surface area contributed by atoms with Crippen LogP contribution in [0.2, 0.25) is 0 Å². The van der Waals surface area contributed by atoms with E-state index in [0.717, 1.165) is 30.1 Å². The molecular formula is C15H24N4O2S. The third-order valence-electron chi connectivity index (χ3n) is 3.88. The van der Waals surface area contributed by atoms with E-state index in [1.807, 2.05) is 27.9 Å². The van der Waals surface area contributed by atoms with E-state index >= 15 is 0 Å². The van der Waals surface area contributed by atoms with Gasteiger partial charge in [0.25, 0.3) is 0 Å². The van der Waals surface area contributed by atoms with E-state index in [1.165, 1.54) is 11.3 Å². The number of rotatable bonds is 6. The summed E-state index contributed by atoms with van der Waals surface area (Å²) in [5.41, 5.74) is 0.938. The van der Waals surface area contributed by atoms with Gasteiger partial charge in [-0.3, -0.25) is 9.59 Å². The van der Waals surface area contributed by atoms with Crippen molar-refractivity contribution in [2.75, 3.05) is 39.0 Å². The van der Waals surface area contributed by atoms with Gasteiger partial charge >= 0.3 is 0 Å². The van der Waals surface area contributed by atoms with E-state index in [2.05, 4.69) is 15.2 Å². The van der Waals surface area contributed by atoms with E-state index in [9.17, 15) is 9.59 Å². The van der Waals surface area contributed by atoms with Crippen LogP contribution in [-0.2, 0) is 9.59 Å². The number of thiazole rings is 1. The molecule has 6 nitrogen and oxygen atoms in total. The fraction of sp³-hybridized carbons (Fsp3) is 0.667. The molecule has 2 rings (SSSR count). The molecule has 1 aromatic rings. The van der Waals surface area contributed by atoms with Crippen molar-refractivity contribution in [3.8, 4) is 0 Å². The highest BCUT2D eigenvalue weighted by Gasteiger charge is 2.34. The molecule has 1 saturated heterocycles. The van der Waals surface area contributed by atoms with E-state index in [4.69, 9.17) is 0 Å². The average Bonchev–Trinajstić information content (AvgIpc) is 2.93. The summed E-state index contributed by atoms with van der Waals surface area (Å²) in [5, 5.41) is 3.47. The van der Waals surface area contributed by atoms with Crippen molar-refractivity contribution in [1.29, 1.82) is 0 Å². The number of nitrogens with one attached hydrogen (secondary N) is 1. The van der Waals surface area contributed by atoms with Crippen molar-refractivity contribution in [1.82, 2.24) is 14.8 Å². The zero-order chi connectivity index (χ0) is 16.3. The summed E-state index contributed by atoms with van der Waals surface area (Å²) in [6.07, 6.45) is 1.23. The molecule has 122 valence electrons. The smallest absolute Gasteiger partial charge is 0.231 e. The molecule has 2 heterocycles. The van der Waals surface area contributed by atoms with Crippen LogP contribution in [0, 0.1) is 19.8 Å². The highest BCUT2D eigenvalue weighted by molar-refractivity contribution is 7.15. The molecule has 0 aliphatic carbocycles. The molecule has 0 radical (unpaired) electrons. The number of likely N-dealkylation sites (tertiary alicyclic amines) is 1. The third-order valence-corrected chi connectivity index (χ3v) is 4.87. The van der Waals surface area contributed by atoms with Crippen molar-refractivity contribution in [3.05, 3.63) is 10.6 Å². The largest absolute Gasteiger partial charge is 0.342 e. The minimum Gasteiger partial charge on any atom is -0.342 e. The van der Waals surface area contributed by atoms with Crippen LogP contribution in [0.3, 0.4) is 0 Å². The van der Waals surface area contributed by atoms with Gasteiger partial charge in [-0.15, -0.1) is 11.3 Å². The van der Waals surface area contributed by atoms with Gasteiger partial charge in [-0.25, -0.2) is 4.98 Å². The summed E-state index contributed by atoms with van der Waals surface area (Å²) >= 11 is 1.47. The molecule has 1 unspecified atom stereocenters. The number of nitrogens with zero attached hydrogens (tertiary/aromatic N) is 3. The van der Waals surface area contributed by atoms with Crippen LogP contribution in [0.5, 0.6) is 0 Å². The second kappa shape index (κ2) is 7.19. The van der Waals surface area contributed by atoms with Gasteiger partial charge in [0.2, 0.25) is 11.8 Å². The van der Waals surface area contributed by atoms with E-state index in [-0.39, 0.29) is 17.7 Å². The number of hydrogen-bond donors (Lipinski definition) is 1. The van der Waals surface area contributed by atoms with Gasteiger partial charge in [0.1, 0.15) is 0 Å². The normalized spacial score (nSPS) is 18.3. The average molecular weight is 324 g/mol. The summed E-state index contributed by atoms with van der Waals surface area (Å²) in [5.74, 6) is -0.293. The van der Waals surface area contributed by atoms with Gasteiger partial charge in [-0.1, -0.05) is 0 Å². The summed E-state index contributed by atoms with van der Waals surface area (Å²) in [6.45, 7) is 6.08. The van der Waals surface area contributed by atoms with Crippen LogP contribution < -0.4 is 5.32 Å². The molecular weight excluding hydrogens is 300 g/mol. The van der Waals surface area contributed by atoms with Crippen LogP contribution in [-0.4, -0.2) is 60.3 Å². The molecule has 0 aromatic carbocycles. The number of carbonyl (C=O) groups is 2. The molecule has 0 bridgehead atoms. The summed E-state index contributed by atoms with van der Waals surface area (Å²) in [4.78, 5) is 33.6. The first-order chi connectivity index (χ1) is 10.4. The number of carbonyl (C=O) groups excluding carboxylic acids is 2. The van der Waals surface area contributed by atoms with Crippen molar-refractivity contribution in [2.45, 2.75) is 26.7 Å². The van der Waals surface area contributed by atoms with Crippen molar-refractivity contribution in [2.24, 2.45) is 5.92 Å². The number of aromatic nitrogens is 1. The molecule has 2 amide bonds. The predicted molar refractivity (Wildman–Crippen MR) is 88.1 cm³/mol. The van der Waals surface area contributed by atoms with Crippen LogP contribution in [0.1, 0.15) is 23.4 Å². The lowest BCUT2D eigenvalue weighted by Gasteiger charge is -2.17. The Morgan fingerprint density at radius 1 is 1.45 bits per heavy atom. The molecule has 1 aromatic heterocycles. The first-order valence-electron chi connectivity index (χ1n) is 7.54. The molecule has 0 spiro atoms. The van der Waals surface area contributed by atoms with Crippen molar-refractivity contribution in [3.63, 3.8) is 0 Å². The SMILES string of the molecule is Cc1nc(NC(=O)C2CC(=O)N(CCCN(C)C)C2)sc1C. The fourth-order valence-electron chi connectivity index (χ4n) is 2.48. The maximum Gasteiger partial charge on any atom is 0.231 e. The second-order valence-electron chi connectivity index (χ2n) is 6.05. The first kappa shape index (κ1) is 16.9. The van der Waals surface area contributed by atoms with Crippen LogP contribution in [0.15, 0.2) is 0 Å². The van der Waals surface area contributed by atoms with Crippen LogP contribution in [0.25, 0.3) is 0 Å². The van der Waals surface area contributed by atoms with Gasteiger partial charge in [-0.2, -0.15) is 0 Å². The first-order valence-corrected chi connectivity index (χ1v) is 8.36. The van der Waals surface area contributed by atoms with E-state index < -0.39 is 0 Å². The lowest BCUT2D eigenvalue weighted by Crippen LogP contribution is -2.30. The lowest BCUT2D eigenvalue weighted by molar-refractivity contribution is -0.128. The van der Waals surface area contributed by atoms with Crippen LogP contribution >= 0.6 is 11.3 Å². The molecule has 1 aliphatic rings. The topological polar surface area (TPSA) is 65.5 Å². The standard InChI is InChI=1S/C15H24N4O2S/c1-10-11(2)22-15(16-10)17-14(21)12-8-13(20)19(9-12)7-5-6-18(3)4/h12H,5-9H2,1-4H3,(H,16,17,21). The van der Waals surface area contributed by atoms with Gasteiger partial charge in [0.05, 0.1) is 11.6 Å². The number of amides is 2. The maximum atomic E-state index is 12.3. The van der Waals surface area contributed by atoms with E-state index in [0.29, 0.717) is 18.1 Å². The molecule has 0 saturated carbocycles. The molecule has 1 aliphatic heterocycles. The summed E-state index contributed by atoms with van der Waals surface area (Å²) in [7, 11) is 4.03. The molecule has 1 N–H and O–H groups in total. The lowest BCUT2D eigenvalue weighted by atomic mass is 10.1. The monoisotopic (exact) mass is 324 g/mol. The van der Waals surface area contributed by atoms with Crippen molar-refractivity contribution < 1.29 is 9.59 Å². The number of hydrogen-bond acceptors (Lipinski definition) is 5. The zero-order valence-corrected chi connectivity index (χ0v) is 14.5. The minimum atomic E-state index is -0.267. The third kappa shape index (κ3) is 4.27. The van der Waals surface area contributed by atoms with E-state index in [1.54, 1.807) is 4.90 Å². The maximum absolute atomic E-state index is 12.3. The fourth-order valence-corrected chi connectivity index (χ4v) is 3.29. The summed E-state index contributed by atoms with van der Waals surface area (Å²) < 4.78 is 0. The quantitative estimate of drug-likeness (QED) is 0.861. The van der Waals surface area contributed by atoms with Gasteiger partial charge in [-0.05, 0) is 40.9 Å². The number of aryl methyl sites for hydroxylation is 2. The van der Waals surface area contributed by atoms with Crippen molar-refractivity contribution >= 4 is 28.3 Å². The minimum absolute atomic E-state index is 0.0745. The Morgan fingerprint density at radius 2 is 2.18 bits per heavy atom. The molecule has 1 fully saturated rings. The van der Waals surface area contributed by atoms with Gasteiger partial charge in [0.15, 0.2) is 5.13 Å². The highest BCUT2D eigenvalue weighted by Crippen LogP contribution is 2.24. The predicted octanol–water partition coefficient (Wildman–Crippen LogP) is 1.50.